The van der Waals surface area contributed by atoms with Crippen LogP contribution in [0.2, 0.25) is 10.0 Å². The summed E-state index contributed by atoms with van der Waals surface area (Å²) in [4.78, 5) is 0.218. The van der Waals surface area contributed by atoms with E-state index in [1.807, 2.05) is 6.92 Å². The molecule has 0 spiro atoms. The summed E-state index contributed by atoms with van der Waals surface area (Å²) < 4.78 is 24.0. The lowest BCUT2D eigenvalue weighted by atomic mass is 10.3. The molecule has 1 aromatic rings. The molecule has 1 unspecified atom stereocenters. The minimum absolute atomic E-state index is 0.0902. The Bertz CT molecular complexity index is 488. The number of benzene rings is 1. The quantitative estimate of drug-likeness (QED) is 0.909. The van der Waals surface area contributed by atoms with E-state index in [-0.39, 0.29) is 21.7 Å². The second kappa shape index (κ2) is 6.05. The van der Waals surface area contributed by atoms with Crippen LogP contribution < -0.4 is 5.32 Å². The highest BCUT2D eigenvalue weighted by Crippen LogP contribution is 2.25. The first-order chi connectivity index (χ1) is 7.86. The first-order valence-electron chi connectivity index (χ1n) is 5.22. The lowest BCUT2D eigenvalue weighted by molar-refractivity contribution is 0.565. The molecule has 0 amide bonds. The largest absolute Gasteiger partial charge is 0.317 e. The van der Waals surface area contributed by atoms with Crippen LogP contribution in [0.3, 0.4) is 0 Å². The fraction of sp³-hybridized carbons (Fsp3) is 0.455. The highest BCUT2D eigenvalue weighted by Gasteiger charge is 2.16. The van der Waals surface area contributed by atoms with Crippen molar-refractivity contribution in [2.75, 3.05) is 12.8 Å². The summed E-state index contributed by atoms with van der Waals surface area (Å²) in [6, 6.07) is 4.53. The van der Waals surface area contributed by atoms with Crippen molar-refractivity contribution in [2.24, 2.45) is 0 Å². The van der Waals surface area contributed by atoms with Gasteiger partial charge in [0.05, 0.1) is 20.7 Å². The summed E-state index contributed by atoms with van der Waals surface area (Å²) in [5.41, 5.74) is 0. The van der Waals surface area contributed by atoms with Gasteiger partial charge in [0, 0.05) is 6.04 Å². The fourth-order valence-corrected chi connectivity index (χ4v) is 3.10. The van der Waals surface area contributed by atoms with Crippen molar-refractivity contribution in [1.82, 2.24) is 5.32 Å². The van der Waals surface area contributed by atoms with E-state index in [0.717, 1.165) is 0 Å². The Kier molecular flexibility index (Phi) is 5.25. The van der Waals surface area contributed by atoms with E-state index in [1.54, 1.807) is 7.05 Å². The molecule has 3 nitrogen and oxygen atoms in total. The van der Waals surface area contributed by atoms with Crippen LogP contribution in [0, 0.1) is 0 Å². The van der Waals surface area contributed by atoms with E-state index in [1.165, 1.54) is 18.2 Å². The van der Waals surface area contributed by atoms with Gasteiger partial charge < -0.3 is 5.32 Å². The SMILES string of the molecule is CNC(C)CCS(=O)(=O)c1ccc(Cl)c(Cl)c1. The molecule has 0 radical (unpaired) electrons. The van der Waals surface area contributed by atoms with Gasteiger partial charge in [-0.15, -0.1) is 0 Å². The number of rotatable bonds is 5. The highest BCUT2D eigenvalue weighted by atomic mass is 35.5. The predicted molar refractivity (Wildman–Crippen MR) is 71.7 cm³/mol. The smallest absolute Gasteiger partial charge is 0.178 e. The number of hydrogen-bond acceptors (Lipinski definition) is 3. The molecule has 6 heteroatoms. The third-order valence-electron chi connectivity index (χ3n) is 2.56. The Hall–Kier alpha value is -0.290. The molecule has 0 aliphatic heterocycles. The second-order valence-electron chi connectivity index (χ2n) is 3.87. The third kappa shape index (κ3) is 4.14. The molecule has 0 aromatic heterocycles. The molecule has 0 heterocycles. The van der Waals surface area contributed by atoms with Crippen LogP contribution in [-0.4, -0.2) is 27.3 Å². The maximum absolute atomic E-state index is 12.0. The van der Waals surface area contributed by atoms with Gasteiger partial charge in [-0.05, 0) is 38.6 Å². The molecular weight excluding hydrogens is 281 g/mol. The van der Waals surface area contributed by atoms with Crippen molar-refractivity contribution in [3.63, 3.8) is 0 Å². The van der Waals surface area contributed by atoms with Crippen molar-refractivity contribution in [3.8, 4) is 0 Å². The van der Waals surface area contributed by atoms with Crippen molar-refractivity contribution < 1.29 is 8.42 Å². The maximum atomic E-state index is 12.0. The topological polar surface area (TPSA) is 46.2 Å². The summed E-state index contributed by atoms with van der Waals surface area (Å²) in [6.07, 6.45) is 0.555. The van der Waals surface area contributed by atoms with Crippen LogP contribution in [0.1, 0.15) is 13.3 Å². The van der Waals surface area contributed by atoms with Gasteiger partial charge in [-0.1, -0.05) is 23.2 Å². The standard InChI is InChI=1S/C11H15Cl2NO2S/c1-8(14-2)5-6-17(15,16)9-3-4-10(12)11(13)7-9/h3-4,7-8,14H,5-6H2,1-2H3. The lowest BCUT2D eigenvalue weighted by Crippen LogP contribution is -2.24. The third-order valence-corrected chi connectivity index (χ3v) is 5.05. The van der Waals surface area contributed by atoms with E-state index in [9.17, 15) is 8.42 Å². The van der Waals surface area contributed by atoms with Crippen LogP contribution in [0.5, 0.6) is 0 Å². The summed E-state index contributed by atoms with van der Waals surface area (Å²) in [5.74, 6) is 0.0902. The van der Waals surface area contributed by atoms with E-state index >= 15 is 0 Å². The Morgan fingerprint density at radius 2 is 1.94 bits per heavy atom. The zero-order chi connectivity index (χ0) is 13.1. The summed E-state index contributed by atoms with van der Waals surface area (Å²) >= 11 is 11.5. The van der Waals surface area contributed by atoms with Gasteiger partial charge in [0.25, 0.3) is 0 Å². The zero-order valence-electron chi connectivity index (χ0n) is 9.70. The molecule has 17 heavy (non-hydrogen) atoms. The van der Waals surface area contributed by atoms with Crippen molar-refractivity contribution in [1.29, 1.82) is 0 Å². The molecule has 1 N–H and O–H groups in total. The van der Waals surface area contributed by atoms with Gasteiger partial charge >= 0.3 is 0 Å². The molecule has 0 aliphatic rings. The molecule has 96 valence electrons. The average Bonchev–Trinajstić information content (AvgIpc) is 2.29. The van der Waals surface area contributed by atoms with E-state index in [4.69, 9.17) is 23.2 Å². The minimum atomic E-state index is -3.29. The molecule has 1 aromatic carbocycles. The Labute approximate surface area is 112 Å². The first kappa shape index (κ1) is 14.8. The van der Waals surface area contributed by atoms with Gasteiger partial charge in [-0.3, -0.25) is 0 Å². The van der Waals surface area contributed by atoms with E-state index in [0.29, 0.717) is 11.4 Å². The van der Waals surface area contributed by atoms with Crippen LogP contribution >= 0.6 is 23.2 Å². The molecule has 1 atom stereocenters. The molecule has 0 saturated heterocycles. The van der Waals surface area contributed by atoms with Crippen molar-refractivity contribution in [2.45, 2.75) is 24.3 Å². The first-order valence-corrected chi connectivity index (χ1v) is 7.62. The average molecular weight is 296 g/mol. The summed E-state index contributed by atoms with van der Waals surface area (Å²) in [7, 11) is -1.49. The predicted octanol–water partition coefficient (Wildman–Crippen LogP) is 2.77. The fourth-order valence-electron chi connectivity index (χ4n) is 1.26. The Balaban J connectivity index is 2.86. The number of sulfone groups is 1. The molecule has 0 saturated carbocycles. The zero-order valence-corrected chi connectivity index (χ0v) is 12.0. The molecule has 0 bridgehead atoms. The number of hydrogen-bond donors (Lipinski definition) is 1. The molecular formula is C11H15Cl2NO2S. The van der Waals surface area contributed by atoms with Crippen molar-refractivity contribution >= 4 is 33.0 Å². The second-order valence-corrected chi connectivity index (χ2v) is 6.80. The maximum Gasteiger partial charge on any atom is 0.178 e. The van der Waals surface area contributed by atoms with Crippen LogP contribution in [0.4, 0.5) is 0 Å². The highest BCUT2D eigenvalue weighted by molar-refractivity contribution is 7.91. The van der Waals surface area contributed by atoms with E-state index < -0.39 is 9.84 Å². The molecule has 0 aliphatic carbocycles. The number of halogens is 2. The minimum Gasteiger partial charge on any atom is -0.317 e. The van der Waals surface area contributed by atoms with Gasteiger partial charge in [-0.25, -0.2) is 8.42 Å². The van der Waals surface area contributed by atoms with Crippen LogP contribution in [-0.2, 0) is 9.84 Å². The molecule has 1 rings (SSSR count). The normalized spacial score (nSPS) is 13.6. The van der Waals surface area contributed by atoms with Crippen LogP contribution in [0.25, 0.3) is 0 Å². The number of nitrogens with one attached hydrogen (secondary N) is 1. The Morgan fingerprint density at radius 1 is 1.29 bits per heavy atom. The summed E-state index contributed by atoms with van der Waals surface area (Å²) in [5, 5.41) is 3.61. The summed E-state index contributed by atoms with van der Waals surface area (Å²) in [6.45, 7) is 1.93. The van der Waals surface area contributed by atoms with Crippen LogP contribution in [0.15, 0.2) is 23.1 Å². The monoisotopic (exact) mass is 295 g/mol. The van der Waals surface area contributed by atoms with Gasteiger partial charge in [0.15, 0.2) is 9.84 Å². The van der Waals surface area contributed by atoms with Gasteiger partial charge in [0.2, 0.25) is 0 Å². The lowest BCUT2D eigenvalue weighted by Gasteiger charge is -2.10. The Morgan fingerprint density at radius 3 is 2.47 bits per heavy atom. The van der Waals surface area contributed by atoms with Gasteiger partial charge in [-0.2, -0.15) is 0 Å². The molecule has 0 fully saturated rings. The van der Waals surface area contributed by atoms with Gasteiger partial charge in [0.1, 0.15) is 0 Å². The van der Waals surface area contributed by atoms with Crippen molar-refractivity contribution in [3.05, 3.63) is 28.2 Å². The van der Waals surface area contributed by atoms with E-state index in [2.05, 4.69) is 5.32 Å².